The van der Waals surface area contributed by atoms with E-state index in [1.807, 2.05) is 25.1 Å². The van der Waals surface area contributed by atoms with Gasteiger partial charge in [0.05, 0.1) is 15.9 Å². The van der Waals surface area contributed by atoms with Gasteiger partial charge in [-0.25, -0.2) is 18.4 Å². The molecule has 0 aliphatic heterocycles. The highest BCUT2D eigenvalue weighted by molar-refractivity contribution is 7.84. The van der Waals surface area contributed by atoms with E-state index in [4.69, 9.17) is 0 Å². The van der Waals surface area contributed by atoms with Crippen LogP contribution in [0.5, 0.6) is 0 Å². The van der Waals surface area contributed by atoms with Crippen LogP contribution in [0.25, 0.3) is 26.6 Å². The third-order valence-electron chi connectivity index (χ3n) is 4.22. The summed E-state index contributed by atoms with van der Waals surface area (Å²) in [6.45, 7) is 1.96. The number of fused-ring (bicyclic) bond motifs is 1. The Morgan fingerprint density at radius 2 is 1.89 bits per heavy atom. The number of aryl methyl sites for hydroxylation is 1. The van der Waals surface area contributed by atoms with Gasteiger partial charge in [-0.1, -0.05) is 35.6 Å². The lowest BCUT2D eigenvalue weighted by Crippen LogP contribution is -1.99. The molecule has 0 radical (unpaired) electrons. The molecule has 4 nitrogen and oxygen atoms in total. The van der Waals surface area contributed by atoms with E-state index in [2.05, 4.69) is 10.1 Å². The molecular weight excluding hydrogens is 388 g/mol. The molecule has 0 amide bonds. The van der Waals surface area contributed by atoms with Crippen molar-refractivity contribution in [1.82, 2.24) is 14.8 Å². The average Bonchev–Trinajstić information content (AvgIpc) is 3.27. The van der Waals surface area contributed by atoms with Crippen LogP contribution in [0.2, 0.25) is 0 Å². The van der Waals surface area contributed by atoms with E-state index in [1.165, 1.54) is 22.1 Å². The van der Waals surface area contributed by atoms with E-state index in [9.17, 15) is 13.0 Å². The van der Waals surface area contributed by atoms with E-state index in [0.29, 0.717) is 21.3 Å². The van der Waals surface area contributed by atoms with Gasteiger partial charge in [-0.3, -0.25) is 4.21 Å². The zero-order chi connectivity index (χ0) is 19.1. The number of halogens is 2. The first kappa shape index (κ1) is 17.9. The van der Waals surface area contributed by atoms with Crippen molar-refractivity contribution in [2.75, 3.05) is 6.26 Å². The van der Waals surface area contributed by atoms with Crippen LogP contribution in [0.3, 0.4) is 0 Å². The summed E-state index contributed by atoms with van der Waals surface area (Å²) < 4.78 is 40.6. The van der Waals surface area contributed by atoms with E-state index >= 15 is 0 Å². The van der Waals surface area contributed by atoms with E-state index in [-0.39, 0.29) is 5.69 Å². The minimum atomic E-state index is -2.68. The first-order chi connectivity index (χ1) is 12.9. The maximum absolute atomic E-state index is 13.3. The largest absolute Gasteiger partial charge is 0.282 e. The maximum atomic E-state index is 13.3. The van der Waals surface area contributed by atoms with Crippen LogP contribution >= 0.6 is 11.3 Å². The molecule has 2 heterocycles. The molecule has 138 valence electrons. The van der Waals surface area contributed by atoms with Crippen molar-refractivity contribution in [1.29, 1.82) is 0 Å². The summed E-state index contributed by atoms with van der Waals surface area (Å²) in [4.78, 5) is 5.29. The van der Waals surface area contributed by atoms with Gasteiger partial charge in [-0.15, -0.1) is 0 Å². The number of benzene rings is 2. The summed E-state index contributed by atoms with van der Waals surface area (Å²) in [7, 11) is -1.10. The number of nitrogens with zero attached hydrogens (tertiary/aromatic N) is 3. The smallest absolute Gasteiger partial charge is 0.255 e. The van der Waals surface area contributed by atoms with Crippen molar-refractivity contribution in [2.24, 2.45) is 0 Å². The van der Waals surface area contributed by atoms with Gasteiger partial charge in [0.25, 0.3) is 6.43 Å². The molecule has 0 fully saturated rings. The van der Waals surface area contributed by atoms with Crippen LogP contribution in [0.15, 0.2) is 53.4 Å². The molecule has 0 aliphatic carbocycles. The zero-order valence-electron chi connectivity index (χ0n) is 14.5. The van der Waals surface area contributed by atoms with E-state index in [1.54, 1.807) is 30.5 Å². The van der Waals surface area contributed by atoms with Gasteiger partial charge in [0.15, 0.2) is 0 Å². The van der Waals surface area contributed by atoms with Crippen LogP contribution in [0.1, 0.15) is 17.7 Å². The van der Waals surface area contributed by atoms with Crippen molar-refractivity contribution >= 4 is 32.4 Å². The van der Waals surface area contributed by atoms with Gasteiger partial charge in [0.1, 0.15) is 5.69 Å². The van der Waals surface area contributed by atoms with Gasteiger partial charge >= 0.3 is 0 Å². The molecular formula is C19H15F2N3OS2. The van der Waals surface area contributed by atoms with Crippen LogP contribution < -0.4 is 0 Å². The summed E-state index contributed by atoms with van der Waals surface area (Å²) >= 11 is 1.40. The van der Waals surface area contributed by atoms with Crippen LogP contribution in [0.4, 0.5) is 8.78 Å². The number of aromatic nitrogens is 3. The Morgan fingerprint density at radius 3 is 2.52 bits per heavy atom. The average molecular weight is 403 g/mol. The molecule has 0 aliphatic rings. The molecule has 0 saturated carbocycles. The summed E-state index contributed by atoms with van der Waals surface area (Å²) in [5.41, 5.74) is 2.79. The molecule has 0 spiro atoms. The summed E-state index contributed by atoms with van der Waals surface area (Å²) in [6, 6.07) is 14.2. The molecule has 2 aromatic carbocycles. The number of alkyl halides is 2. The second-order valence-corrected chi connectivity index (χ2v) is 8.45. The second kappa shape index (κ2) is 6.94. The van der Waals surface area contributed by atoms with Crippen LogP contribution in [0, 0.1) is 6.92 Å². The monoisotopic (exact) mass is 403 g/mol. The fraction of sp³-hybridized carbons (Fsp3) is 0.158. The van der Waals surface area contributed by atoms with Crippen LogP contribution in [-0.2, 0) is 10.8 Å². The lowest BCUT2D eigenvalue weighted by atomic mass is 10.1. The van der Waals surface area contributed by atoms with Gasteiger partial charge in [-0.2, -0.15) is 5.10 Å². The minimum Gasteiger partial charge on any atom is -0.255 e. The molecule has 1 atom stereocenters. The number of thiazole rings is 1. The normalized spacial score (nSPS) is 12.8. The van der Waals surface area contributed by atoms with Gasteiger partial charge in [0, 0.05) is 27.5 Å². The number of hydrogen-bond acceptors (Lipinski definition) is 4. The third kappa shape index (κ3) is 3.30. The summed E-state index contributed by atoms with van der Waals surface area (Å²) in [5.74, 6) is 0. The lowest BCUT2D eigenvalue weighted by Gasteiger charge is -2.05. The summed E-state index contributed by atoms with van der Waals surface area (Å²) in [5, 5.41) is 4.63. The predicted octanol–water partition coefficient (Wildman–Crippen LogP) is 5.13. The fourth-order valence-electron chi connectivity index (χ4n) is 2.84. The third-order valence-corrected chi connectivity index (χ3v) is 6.16. The topological polar surface area (TPSA) is 47.8 Å². The van der Waals surface area contributed by atoms with Crippen molar-refractivity contribution in [3.05, 3.63) is 59.8 Å². The molecule has 0 N–H and O–H groups in total. The van der Waals surface area contributed by atoms with Crippen molar-refractivity contribution < 1.29 is 13.0 Å². The highest BCUT2D eigenvalue weighted by Gasteiger charge is 2.20. The molecule has 0 bridgehead atoms. The highest BCUT2D eigenvalue weighted by atomic mass is 32.2. The first-order valence-corrected chi connectivity index (χ1v) is 10.5. The molecule has 27 heavy (non-hydrogen) atoms. The maximum Gasteiger partial charge on any atom is 0.282 e. The Labute approximate surface area is 160 Å². The second-order valence-electron chi connectivity index (χ2n) is 6.06. The molecule has 8 heteroatoms. The van der Waals surface area contributed by atoms with Crippen molar-refractivity contribution in [3.63, 3.8) is 0 Å². The first-order valence-electron chi connectivity index (χ1n) is 8.12. The highest BCUT2D eigenvalue weighted by Crippen LogP contribution is 2.32. The minimum absolute atomic E-state index is 0.302. The quantitative estimate of drug-likeness (QED) is 0.474. The Hall–Kier alpha value is -2.45. The lowest BCUT2D eigenvalue weighted by molar-refractivity contribution is 0.145. The number of para-hydroxylation sites is 1. The van der Waals surface area contributed by atoms with Crippen LogP contribution in [-0.4, -0.2) is 25.2 Å². The SMILES string of the molecule is Cc1cccc2sc(-n3nc(C(F)F)cc3-c3ccc(S(C)=O)cc3)nc12. The molecule has 1 unspecified atom stereocenters. The number of rotatable bonds is 4. The van der Waals surface area contributed by atoms with Crippen molar-refractivity contribution in [2.45, 2.75) is 18.2 Å². The Kier molecular flexibility index (Phi) is 4.61. The van der Waals surface area contributed by atoms with E-state index < -0.39 is 17.2 Å². The Bertz CT molecular complexity index is 1150. The molecule has 4 aromatic rings. The predicted molar refractivity (Wildman–Crippen MR) is 104 cm³/mol. The Balaban J connectivity index is 1.88. The van der Waals surface area contributed by atoms with Gasteiger partial charge in [0.2, 0.25) is 5.13 Å². The number of hydrogen-bond donors (Lipinski definition) is 0. The fourth-order valence-corrected chi connectivity index (χ4v) is 4.37. The Morgan fingerprint density at radius 1 is 1.15 bits per heavy atom. The zero-order valence-corrected chi connectivity index (χ0v) is 16.2. The van der Waals surface area contributed by atoms with Crippen molar-refractivity contribution in [3.8, 4) is 16.4 Å². The molecule has 2 aromatic heterocycles. The summed E-state index contributed by atoms with van der Waals surface area (Å²) in [6.07, 6.45) is -1.08. The van der Waals surface area contributed by atoms with E-state index in [0.717, 1.165) is 15.8 Å². The molecule has 0 saturated heterocycles. The molecule has 4 rings (SSSR count). The van der Waals surface area contributed by atoms with Gasteiger partial charge in [-0.05, 0) is 36.8 Å². The standard InChI is InChI=1S/C19H15F2N3OS2/c1-11-4-3-5-16-17(11)22-19(26-16)24-15(10-14(23-24)18(20)21)12-6-8-13(9-7-12)27(2)25/h3-10,18H,1-2H3. The van der Waals surface area contributed by atoms with Gasteiger partial charge < -0.3 is 0 Å².